The molecular weight excluding hydrogens is 1140 g/mol. The highest BCUT2D eigenvalue weighted by Gasteiger charge is 2.35. The zero-order valence-corrected chi connectivity index (χ0v) is 49.5. The third-order valence-corrected chi connectivity index (χ3v) is 21.0. The van der Waals surface area contributed by atoms with Gasteiger partial charge in [0.1, 0.15) is 22.9 Å². The Morgan fingerprint density at radius 3 is 1.17 bits per heavy atom. The van der Waals surface area contributed by atoms with Crippen molar-refractivity contribution < 1.29 is 56.4 Å². The Hall–Kier alpha value is -7.42. The molecule has 9 aromatic rings. The predicted molar refractivity (Wildman–Crippen MR) is 307 cm³/mol. The number of nitrogens with zero attached hydrogens (tertiary/aromatic N) is 9. The molecule has 0 bridgehead atoms. The number of fused-ring (bicyclic) bond motifs is 3. The molecule has 0 saturated carbocycles. The maximum absolute atomic E-state index is 13.9. The van der Waals surface area contributed by atoms with Crippen molar-refractivity contribution >= 4 is 79.5 Å². The SMILES string of the molecule is Cc1noc(C)c1S(=O)(=O)n1cc(C2=CCN(C)CC2)c2cc(C(F)(F)F)ccc21.Cc1noc(C)c1S(=O)(=O)n1cc(C2=CCN(C)CC2)c2cc(F)ccc21.Cc1noc(C)c1S(=O)(=O)n1cc(C2=CCN(C)CC2)c2ccccc21. The number of halogens is 4. The summed E-state index contributed by atoms with van der Waals surface area (Å²) < 4.78 is 153. The molecule has 0 N–H and O–H groups in total. The molecule has 9 heterocycles. The van der Waals surface area contributed by atoms with Gasteiger partial charge in [-0.25, -0.2) is 41.6 Å². The Morgan fingerprint density at radius 1 is 0.470 bits per heavy atom. The Labute approximate surface area is 477 Å². The van der Waals surface area contributed by atoms with Crippen LogP contribution in [0, 0.1) is 47.4 Å². The largest absolute Gasteiger partial charge is 0.416 e. The first-order chi connectivity index (χ1) is 39.2. The number of hydrogen-bond donors (Lipinski definition) is 0. The van der Waals surface area contributed by atoms with Crippen molar-refractivity contribution in [2.45, 2.75) is 81.7 Å². The van der Waals surface area contributed by atoms with Crippen LogP contribution >= 0.6 is 0 Å². The van der Waals surface area contributed by atoms with Gasteiger partial charge in [0, 0.05) is 90.7 Å². The third-order valence-electron chi connectivity index (χ3n) is 15.2. The summed E-state index contributed by atoms with van der Waals surface area (Å²) >= 11 is 0. The van der Waals surface area contributed by atoms with Crippen LogP contribution in [0.2, 0.25) is 0 Å². The fourth-order valence-electron chi connectivity index (χ4n) is 10.9. The Bertz CT molecular complexity index is 4410. The maximum Gasteiger partial charge on any atom is 0.416 e. The van der Waals surface area contributed by atoms with Gasteiger partial charge in [0.25, 0.3) is 30.1 Å². The maximum atomic E-state index is 13.9. The number of hydrogen-bond acceptors (Lipinski definition) is 15. The number of alkyl halides is 3. The summed E-state index contributed by atoms with van der Waals surface area (Å²) in [6.07, 6.45) is 8.65. The predicted octanol–water partition coefficient (Wildman–Crippen LogP) is 10.8. The minimum absolute atomic E-state index is 0.0487. The molecule has 0 saturated heterocycles. The van der Waals surface area contributed by atoms with Crippen molar-refractivity contribution in [2.75, 3.05) is 60.4 Å². The van der Waals surface area contributed by atoms with E-state index in [-0.39, 0.29) is 42.8 Å². The van der Waals surface area contributed by atoms with E-state index in [0.717, 1.165) is 89.3 Å². The number of rotatable bonds is 9. The van der Waals surface area contributed by atoms with E-state index in [0.29, 0.717) is 52.1 Å². The Morgan fingerprint density at radius 2 is 0.819 bits per heavy atom. The molecule has 438 valence electrons. The second kappa shape index (κ2) is 22.3. The first-order valence-corrected chi connectivity index (χ1v) is 30.8. The van der Waals surface area contributed by atoms with E-state index in [4.69, 9.17) is 13.6 Å². The second-order valence-electron chi connectivity index (χ2n) is 21.1. The van der Waals surface area contributed by atoms with E-state index < -0.39 is 47.6 Å². The molecular formula is C58H61F4N9O9S3. The van der Waals surface area contributed by atoms with E-state index in [2.05, 4.69) is 49.4 Å². The molecule has 18 nitrogen and oxygen atoms in total. The molecule has 12 rings (SSSR count). The lowest BCUT2D eigenvalue weighted by Gasteiger charge is -2.21. The van der Waals surface area contributed by atoms with Gasteiger partial charge < -0.3 is 28.3 Å². The number of aromatic nitrogens is 6. The topological polar surface area (TPSA) is 205 Å². The number of para-hydroxylation sites is 1. The number of benzene rings is 3. The zero-order chi connectivity index (χ0) is 59.7. The van der Waals surface area contributed by atoms with Gasteiger partial charge in [-0.1, -0.05) is 51.9 Å². The fourth-order valence-corrected chi connectivity index (χ4v) is 15.9. The van der Waals surface area contributed by atoms with Gasteiger partial charge in [0.05, 0.1) is 22.1 Å². The van der Waals surface area contributed by atoms with E-state index in [1.807, 2.05) is 44.4 Å². The van der Waals surface area contributed by atoms with Gasteiger partial charge in [0.15, 0.2) is 32.0 Å². The number of likely N-dealkylation sites (N-methyl/N-ethyl adjacent to an activating group) is 3. The van der Waals surface area contributed by atoms with E-state index in [1.165, 1.54) is 57.8 Å². The Balaban J connectivity index is 0.000000139. The molecule has 0 spiro atoms. The van der Waals surface area contributed by atoms with Gasteiger partial charge in [0.2, 0.25) is 0 Å². The molecule has 25 heteroatoms. The van der Waals surface area contributed by atoms with Crippen LogP contribution < -0.4 is 0 Å². The van der Waals surface area contributed by atoms with Crippen LogP contribution in [0.4, 0.5) is 17.6 Å². The normalized spacial score (nSPS) is 16.2. The summed E-state index contributed by atoms with van der Waals surface area (Å²) in [7, 11) is -5.78. The summed E-state index contributed by atoms with van der Waals surface area (Å²) in [5, 5.41) is 13.1. The first-order valence-electron chi connectivity index (χ1n) is 26.5. The molecule has 6 aromatic heterocycles. The molecule has 0 aliphatic carbocycles. The quantitative estimate of drug-likeness (QED) is 0.123. The third kappa shape index (κ3) is 11.0. The van der Waals surface area contributed by atoms with E-state index >= 15 is 0 Å². The van der Waals surface area contributed by atoms with Gasteiger partial charge in [-0.05, 0) is 141 Å². The van der Waals surface area contributed by atoms with Crippen LogP contribution in [-0.4, -0.2) is 128 Å². The lowest BCUT2D eigenvalue weighted by molar-refractivity contribution is -0.137. The van der Waals surface area contributed by atoms with Gasteiger partial charge >= 0.3 is 6.18 Å². The lowest BCUT2D eigenvalue weighted by atomic mass is 9.98. The van der Waals surface area contributed by atoms with Crippen LogP contribution in [0.3, 0.4) is 0 Å². The number of aryl methyl sites for hydroxylation is 6. The fraction of sp³-hybridized carbons (Fsp3) is 0.328. The minimum Gasteiger partial charge on any atom is -0.360 e. The second-order valence-corrected chi connectivity index (χ2v) is 26.4. The van der Waals surface area contributed by atoms with Crippen molar-refractivity contribution in [3.8, 4) is 0 Å². The molecule has 3 aliphatic rings. The molecule has 3 aliphatic heterocycles. The van der Waals surface area contributed by atoms with E-state index in [1.54, 1.807) is 40.1 Å². The zero-order valence-electron chi connectivity index (χ0n) is 47.0. The van der Waals surface area contributed by atoms with E-state index in [9.17, 15) is 42.8 Å². The molecule has 3 aromatic carbocycles. The van der Waals surface area contributed by atoms with Gasteiger partial charge in [-0.2, -0.15) is 13.2 Å². The molecule has 0 radical (unpaired) electrons. The summed E-state index contributed by atoms with van der Waals surface area (Å²) in [6, 6.07) is 14.9. The molecule has 0 atom stereocenters. The highest BCUT2D eigenvalue weighted by Crippen LogP contribution is 2.40. The lowest BCUT2D eigenvalue weighted by Crippen LogP contribution is -2.23. The van der Waals surface area contributed by atoms with Crippen molar-refractivity contribution in [3.63, 3.8) is 0 Å². The standard InChI is InChI=1S/C20H20F3N3O3S.C19H20FN3O3S.C19H21N3O3S/c1-12-19(13(2)29-24-12)30(27,28)26-11-17(14-6-8-25(3)9-7-14)16-10-15(20(21,22)23)4-5-18(16)26;1-12-19(13(2)26-21-12)27(24,25)23-11-17(14-6-8-22(3)9-7-14)16-10-15(20)4-5-18(16)23;1-13-19(14(2)25-20-13)26(23,24)22-12-17(15-8-10-21(3)11-9-15)16-6-4-5-7-18(16)22/h4-6,10-11H,7-9H2,1-3H3;4-6,10-11H,7-9H2,1-3H3;4-8,12H,9-11H2,1-3H3. The molecule has 0 unspecified atom stereocenters. The Kier molecular flexibility index (Phi) is 15.8. The molecule has 0 amide bonds. The monoisotopic (exact) mass is 1200 g/mol. The summed E-state index contributed by atoms with van der Waals surface area (Å²) in [4.78, 5) is 6.59. The minimum atomic E-state index is -4.53. The van der Waals surface area contributed by atoms with Crippen LogP contribution in [0.1, 0.15) is 75.9 Å². The average molecular weight is 1200 g/mol. The van der Waals surface area contributed by atoms with Crippen LogP contribution in [0.5, 0.6) is 0 Å². The van der Waals surface area contributed by atoms with Crippen LogP contribution in [0.15, 0.2) is 126 Å². The van der Waals surface area contributed by atoms with Crippen molar-refractivity contribution in [3.05, 3.63) is 160 Å². The van der Waals surface area contributed by atoms with Gasteiger partial charge in [-0.15, -0.1) is 0 Å². The first kappa shape index (κ1) is 58.8. The van der Waals surface area contributed by atoms with Crippen molar-refractivity contribution in [1.82, 2.24) is 42.1 Å². The molecule has 0 fully saturated rings. The average Bonchev–Trinajstić information content (AvgIpc) is 4.50. The summed E-state index contributed by atoms with van der Waals surface area (Å²) in [5.41, 5.74) is 6.58. The summed E-state index contributed by atoms with van der Waals surface area (Å²) in [6.45, 7) is 14.3. The highest BCUT2D eigenvalue weighted by molar-refractivity contribution is 7.90. The smallest absolute Gasteiger partial charge is 0.360 e. The van der Waals surface area contributed by atoms with Crippen LogP contribution in [-0.2, 0) is 36.2 Å². The van der Waals surface area contributed by atoms with Gasteiger partial charge in [-0.3, -0.25) is 0 Å². The highest BCUT2D eigenvalue weighted by atomic mass is 32.2. The van der Waals surface area contributed by atoms with Crippen molar-refractivity contribution in [1.29, 1.82) is 0 Å². The molecule has 83 heavy (non-hydrogen) atoms. The van der Waals surface area contributed by atoms with Crippen LogP contribution in [0.25, 0.3) is 49.4 Å². The van der Waals surface area contributed by atoms with Crippen molar-refractivity contribution in [2.24, 2.45) is 0 Å². The summed E-state index contributed by atoms with van der Waals surface area (Å²) in [5.74, 6) is 0.267.